The molecule has 142 valence electrons. The van der Waals surface area contributed by atoms with Crippen LogP contribution in [0.1, 0.15) is 37.7 Å². The molecule has 3 rings (SSSR count). The molecule has 2 heterocycles. The van der Waals surface area contributed by atoms with Crippen molar-refractivity contribution in [2.45, 2.75) is 33.9 Å². The quantitative estimate of drug-likeness (QED) is 0.639. The van der Waals surface area contributed by atoms with E-state index in [2.05, 4.69) is 5.10 Å². The van der Waals surface area contributed by atoms with E-state index >= 15 is 0 Å². The highest BCUT2D eigenvalue weighted by atomic mass is 32.1. The van der Waals surface area contributed by atoms with Crippen LogP contribution in [-0.4, -0.2) is 27.6 Å². The SMILES string of the molecule is Cc1cccc(OCc2csc(C(=O)N(C)Cc3c(C)nn(C)c3C)c2)c1. The van der Waals surface area contributed by atoms with Crippen LogP contribution in [0.15, 0.2) is 35.7 Å². The van der Waals surface area contributed by atoms with E-state index in [1.165, 1.54) is 11.3 Å². The molecule has 0 aliphatic rings. The fraction of sp³-hybridized carbons (Fsp3) is 0.333. The second kappa shape index (κ2) is 7.96. The third-order valence-corrected chi connectivity index (χ3v) is 5.63. The number of amides is 1. The van der Waals surface area contributed by atoms with Gasteiger partial charge in [-0.2, -0.15) is 5.10 Å². The minimum Gasteiger partial charge on any atom is -0.489 e. The third kappa shape index (κ3) is 4.39. The number of benzene rings is 1. The van der Waals surface area contributed by atoms with E-state index in [-0.39, 0.29) is 5.91 Å². The number of carbonyl (C=O) groups excluding carboxylic acids is 1. The van der Waals surface area contributed by atoms with Gasteiger partial charge in [0, 0.05) is 37.5 Å². The molecule has 0 spiro atoms. The molecule has 0 aliphatic heterocycles. The highest BCUT2D eigenvalue weighted by Crippen LogP contribution is 2.21. The van der Waals surface area contributed by atoms with Gasteiger partial charge in [0.05, 0.1) is 10.6 Å². The minimum atomic E-state index is 0.0180. The molecule has 0 unspecified atom stereocenters. The summed E-state index contributed by atoms with van der Waals surface area (Å²) < 4.78 is 7.68. The lowest BCUT2D eigenvalue weighted by atomic mass is 10.2. The van der Waals surface area contributed by atoms with Gasteiger partial charge in [-0.15, -0.1) is 11.3 Å². The van der Waals surface area contributed by atoms with Crippen LogP contribution >= 0.6 is 11.3 Å². The topological polar surface area (TPSA) is 47.4 Å². The highest BCUT2D eigenvalue weighted by Gasteiger charge is 2.18. The van der Waals surface area contributed by atoms with Gasteiger partial charge in [-0.1, -0.05) is 12.1 Å². The Hall–Kier alpha value is -2.60. The summed E-state index contributed by atoms with van der Waals surface area (Å²) in [6.45, 7) is 7.05. The second-order valence-electron chi connectivity index (χ2n) is 6.86. The zero-order chi connectivity index (χ0) is 19.6. The van der Waals surface area contributed by atoms with Crippen molar-refractivity contribution in [1.82, 2.24) is 14.7 Å². The average Bonchev–Trinajstić information content (AvgIpc) is 3.20. The molecule has 5 nitrogen and oxygen atoms in total. The van der Waals surface area contributed by atoms with Crippen molar-refractivity contribution in [3.63, 3.8) is 0 Å². The number of rotatable bonds is 6. The molecule has 0 aliphatic carbocycles. The molecule has 1 aromatic carbocycles. The molecule has 0 N–H and O–H groups in total. The Labute approximate surface area is 164 Å². The van der Waals surface area contributed by atoms with Crippen LogP contribution in [-0.2, 0) is 20.2 Å². The van der Waals surface area contributed by atoms with Gasteiger partial charge in [-0.3, -0.25) is 9.48 Å². The molecule has 1 amide bonds. The van der Waals surface area contributed by atoms with Gasteiger partial charge in [0.1, 0.15) is 12.4 Å². The van der Waals surface area contributed by atoms with E-state index in [9.17, 15) is 4.79 Å². The zero-order valence-electron chi connectivity index (χ0n) is 16.4. The average molecular weight is 384 g/mol. The molecule has 0 saturated carbocycles. The molecule has 0 radical (unpaired) electrons. The maximum absolute atomic E-state index is 12.8. The summed E-state index contributed by atoms with van der Waals surface area (Å²) in [4.78, 5) is 15.2. The number of hydrogen-bond acceptors (Lipinski definition) is 4. The predicted octanol–water partition coefficient (Wildman–Crippen LogP) is 4.26. The van der Waals surface area contributed by atoms with Gasteiger partial charge in [-0.05, 0) is 49.9 Å². The first-order chi connectivity index (χ1) is 12.8. The first-order valence-corrected chi connectivity index (χ1v) is 9.74. The van der Waals surface area contributed by atoms with Crippen molar-refractivity contribution in [1.29, 1.82) is 0 Å². The number of aryl methyl sites for hydroxylation is 3. The molecule has 27 heavy (non-hydrogen) atoms. The van der Waals surface area contributed by atoms with Gasteiger partial charge in [-0.25, -0.2) is 0 Å². The monoisotopic (exact) mass is 383 g/mol. The zero-order valence-corrected chi connectivity index (χ0v) is 17.3. The van der Waals surface area contributed by atoms with Crippen molar-refractivity contribution < 1.29 is 9.53 Å². The van der Waals surface area contributed by atoms with Gasteiger partial charge < -0.3 is 9.64 Å². The first-order valence-electron chi connectivity index (χ1n) is 8.86. The first kappa shape index (κ1) is 19.2. The van der Waals surface area contributed by atoms with E-state index in [1.54, 1.807) is 4.90 Å². The van der Waals surface area contributed by atoms with Crippen molar-refractivity contribution in [3.05, 3.63) is 68.7 Å². The van der Waals surface area contributed by atoms with Crippen LogP contribution in [0, 0.1) is 20.8 Å². The van der Waals surface area contributed by atoms with E-state index in [0.717, 1.165) is 38.7 Å². The van der Waals surface area contributed by atoms with Crippen molar-refractivity contribution in [2.24, 2.45) is 7.05 Å². The number of aromatic nitrogens is 2. The fourth-order valence-electron chi connectivity index (χ4n) is 2.98. The molecule has 0 atom stereocenters. The Kier molecular flexibility index (Phi) is 5.65. The smallest absolute Gasteiger partial charge is 0.263 e. The maximum Gasteiger partial charge on any atom is 0.263 e. The molecule has 0 saturated heterocycles. The van der Waals surface area contributed by atoms with Gasteiger partial charge in [0.15, 0.2) is 0 Å². The van der Waals surface area contributed by atoms with Gasteiger partial charge >= 0.3 is 0 Å². The Morgan fingerprint density at radius 1 is 1.26 bits per heavy atom. The fourth-order valence-corrected chi connectivity index (χ4v) is 3.87. The van der Waals surface area contributed by atoms with Crippen LogP contribution in [0.5, 0.6) is 5.75 Å². The lowest BCUT2D eigenvalue weighted by molar-refractivity contribution is 0.0789. The maximum atomic E-state index is 12.8. The van der Waals surface area contributed by atoms with Crippen LogP contribution in [0.2, 0.25) is 0 Å². The third-order valence-electron chi connectivity index (χ3n) is 4.66. The van der Waals surface area contributed by atoms with Crippen molar-refractivity contribution >= 4 is 17.2 Å². The molecule has 6 heteroatoms. The van der Waals surface area contributed by atoms with Gasteiger partial charge in [0.25, 0.3) is 5.91 Å². The normalized spacial score (nSPS) is 10.9. The molecular formula is C21H25N3O2S. The number of ether oxygens (including phenoxy) is 1. The van der Waals surface area contributed by atoms with E-state index in [0.29, 0.717) is 13.2 Å². The van der Waals surface area contributed by atoms with E-state index < -0.39 is 0 Å². The summed E-state index contributed by atoms with van der Waals surface area (Å²) in [6.07, 6.45) is 0. The van der Waals surface area contributed by atoms with Crippen molar-refractivity contribution in [3.8, 4) is 5.75 Å². The summed E-state index contributed by atoms with van der Waals surface area (Å²) in [6, 6.07) is 9.88. The lowest BCUT2D eigenvalue weighted by Gasteiger charge is -2.16. The number of carbonyl (C=O) groups is 1. The van der Waals surface area contributed by atoms with Crippen molar-refractivity contribution in [2.75, 3.05) is 7.05 Å². The van der Waals surface area contributed by atoms with E-state index in [1.807, 2.05) is 75.3 Å². The molecular weight excluding hydrogens is 358 g/mol. The second-order valence-corrected chi connectivity index (χ2v) is 7.77. The van der Waals surface area contributed by atoms with Gasteiger partial charge in [0.2, 0.25) is 0 Å². The summed E-state index contributed by atoms with van der Waals surface area (Å²) in [5, 5.41) is 6.41. The largest absolute Gasteiger partial charge is 0.489 e. The van der Waals surface area contributed by atoms with Crippen LogP contribution in [0.25, 0.3) is 0 Å². The molecule has 3 aromatic rings. The Bertz CT molecular complexity index is 958. The Morgan fingerprint density at radius 3 is 2.70 bits per heavy atom. The molecule has 2 aromatic heterocycles. The lowest BCUT2D eigenvalue weighted by Crippen LogP contribution is -2.26. The number of thiophene rings is 1. The standard InChI is InChI=1S/C21H25N3O2S/c1-14-7-6-8-18(9-14)26-12-17-10-20(27-13-17)21(25)23(4)11-19-15(2)22-24(5)16(19)3/h6-10,13H,11-12H2,1-5H3. The van der Waals surface area contributed by atoms with Crippen LogP contribution in [0.3, 0.4) is 0 Å². The molecule has 0 fully saturated rings. The minimum absolute atomic E-state index is 0.0180. The number of nitrogens with zero attached hydrogens (tertiary/aromatic N) is 3. The summed E-state index contributed by atoms with van der Waals surface area (Å²) >= 11 is 1.46. The summed E-state index contributed by atoms with van der Waals surface area (Å²) in [5.41, 5.74) is 5.33. The van der Waals surface area contributed by atoms with Crippen LogP contribution in [0.4, 0.5) is 0 Å². The predicted molar refractivity (Wildman–Crippen MR) is 108 cm³/mol. The number of hydrogen-bond donors (Lipinski definition) is 0. The molecule has 0 bridgehead atoms. The van der Waals surface area contributed by atoms with Crippen LogP contribution < -0.4 is 4.74 Å². The Balaban J connectivity index is 1.63. The summed E-state index contributed by atoms with van der Waals surface area (Å²) in [5.74, 6) is 0.859. The van der Waals surface area contributed by atoms with E-state index in [4.69, 9.17) is 4.74 Å². The summed E-state index contributed by atoms with van der Waals surface area (Å²) in [7, 11) is 3.75. The Morgan fingerprint density at radius 2 is 2.04 bits per heavy atom. The highest BCUT2D eigenvalue weighted by molar-refractivity contribution is 7.12.